The largest absolute Gasteiger partial charge is 0.394 e. The van der Waals surface area contributed by atoms with E-state index in [1.54, 1.807) is 6.08 Å². The maximum absolute atomic E-state index is 13.3. The van der Waals surface area contributed by atoms with Crippen molar-refractivity contribution in [3.8, 4) is 0 Å². The third kappa shape index (κ3) is 32.2. The van der Waals surface area contributed by atoms with Gasteiger partial charge in [-0.15, -0.1) is 0 Å². The highest BCUT2D eigenvalue weighted by atomic mass is 16.8. The number of ether oxygens (including phenoxy) is 6. The summed E-state index contributed by atoms with van der Waals surface area (Å²) in [4.78, 5) is 13.3. The molecule has 19 nitrogen and oxygen atoms in total. The van der Waals surface area contributed by atoms with Crippen LogP contribution in [0.3, 0.4) is 0 Å². The molecule has 3 saturated heterocycles. The van der Waals surface area contributed by atoms with E-state index in [1.165, 1.54) is 83.5 Å². The number of aliphatic hydroxyl groups excluding tert-OH is 11. The number of amides is 1. The Morgan fingerprint density at radius 1 is 0.425 bits per heavy atom. The molecular formula is C68H117NO18. The number of nitrogens with one attached hydrogen (secondary N) is 1. The molecule has 3 fully saturated rings. The third-order valence-corrected chi connectivity index (χ3v) is 16.2. The van der Waals surface area contributed by atoms with Crippen molar-refractivity contribution in [2.45, 2.75) is 311 Å². The molecule has 19 heteroatoms. The minimum absolute atomic E-state index is 0.239. The zero-order chi connectivity index (χ0) is 63.3. The van der Waals surface area contributed by atoms with Gasteiger partial charge in [-0.3, -0.25) is 4.79 Å². The highest BCUT2D eigenvalue weighted by molar-refractivity contribution is 5.76. The van der Waals surface area contributed by atoms with Crippen LogP contribution in [0.25, 0.3) is 0 Å². The summed E-state index contributed by atoms with van der Waals surface area (Å²) in [5.74, 6) is -0.283. The van der Waals surface area contributed by atoms with E-state index in [1.807, 2.05) is 6.08 Å². The zero-order valence-corrected chi connectivity index (χ0v) is 52.7. The van der Waals surface area contributed by atoms with Crippen molar-refractivity contribution < 1.29 is 89.4 Å². The second-order valence-corrected chi connectivity index (χ2v) is 23.6. The van der Waals surface area contributed by atoms with E-state index >= 15 is 0 Å². The van der Waals surface area contributed by atoms with E-state index in [-0.39, 0.29) is 18.9 Å². The number of unbranched alkanes of at least 4 members (excludes halogenated alkanes) is 21. The van der Waals surface area contributed by atoms with Gasteiger partial charge in [-0.2, -0.15) is 0 Å². The molecule has 3 heterocycles. The van der Waals surface area contributed by atoms with Gasteiger partial charge in [0.1, 0.15) is 73.2 Å². The molecule has 0 spiro atoms. The van der Waals surface area contributed by atoms with E-state index in [0.29, 0.717) is 6.42 Å². The standard InChI is InChI=1S/C68H117NO18/c1-3-5-7-9-11-12-13-14-15-16-17-18-19-20-21-22-23-24-25-26-27-28-29-30-31-32-33-34-35-36-37-38-40-42-44-46-56(74)69-51(52(73)45-43-41-39-10-8-6-4-2)50-82-66-62(80)59(77)64(54(48-71)84-66)87-68-63(81)60(78)65(55(49-72)85-68)86-67-61(79)58(76)57(75)53(47-70)83-67/h5,7,11-12,14-15,17-18,20-21,23-24,43,45,51-55,57-68,70-73,75-81H,3-4,6,8-10,13,16,19,22,25-42,44,46-50H2,1-2H3,(H,69,74)/b7-5-,12-11-,15-14-,18-17-,21-20-,24-23-,45-43+. The number of hydrogen-bond donors (Lipinski definition) is 12. The number of carbonyl (C=O) groups is 1. The van der Waals surface area contributed by atoms with Crippen LogP contribution in [0.4, 0.5) is 0 Å². The molecule has 17 unspecified atom stereocenters. The van der Waals surface area contributed by atoms with E-state index < -0.39 is 124 Å². The summed E-state index contributed by atoms with van der Waals surface area (Å²) >= 11 is 0. The van der Waals surface area contributed by atoms with Crippen LogP contribution in [0, 0.1) is 0 Å². The Bertz CT molecular complexity index is 1910. The molecule has 0 radical (unpaired) electrons. The Labute approximate surface area is 520 Å². The molecule has 1 amide bonds. The number of hydrogen-bond acceptors (Lipinski definition) is 18. The molecule has 0 aromatic heterocycles. The SMILES string of the molecule is CC/C=C\C/C=C\C/C=C\C/C=C\C/C=C\C/C=C\CCCCCCCCCCCCCCCCCCC(=O)NC(COC1OC(CO)C(OC2OC(CO)C(OC3OC(CO)C(O)C(O)C3O)C(O)C2O)C(O)C1O)C(O)/C=C/CCCCCCC. The highest BCUT2D eigenvalue weighted by Crippen LogP contribution is 2.33. The molecular weight excluding hydrogens is 1120 g/mol. The molecule has 0 aliphatic carbocycles. The fourth-order valence-corrected chi connectivity index (χ4v) is 10.8. The van der Waals surface area contributed by atoms with Crippen molar-refractivity contribution in [1.82, 2.24) is 5.32 Å². The van der Waals surface area contributed by atoms with Gasteiger partial charge in [-0.1, -0.05) is 214 Å². The minimum Gasteiger partial charge on any atom is -0.394 e. The molecule has 17 atom stereocenters. The summed E-state index contributed by atoms with van der Waals surface area (Å²) in [5.41, 5.74) is 0. The first-order valence-electron chi connectivity index (χ1n) is 33.3. The fraction of sp³-hybridized carbons (Fsp3) is 0.779. The number of aliphatic hydroxyl groups is 11. The second kappa shape index (κ2) is 49.6. The summed E-state index contributed by atoms with van der Waals surface area (Å²) in [6, 6.07) is -0.973. The van der Waals surface area contributed by atoms with Crippen LogP contribution in [0.2, 0.25) is 0 Å². The Kier molecular flexibility index (Phi) is 44.6. The van der Waals surface area contributed by atoms with Gasteiger partial charge in [0.05, 0.1) is 38.6 Å². The molecule has 3 aliphatic rings. The van der Waals surface area contributed by atoms with Gasteiger partial charge in [0.25, 0.3) is 0 Å². The van der Waals surface area contributed by atoms with E-state index in [4.69, 9.17) is 28.4 Å². The van der Waals surface area contributed by atoms with Crippen molar-refractivity contribution in [3.63, 3.8) is 0 Å². The summed E-state index contributed by atoms with van der Waals surface area (Å²) in [5, 5.41) is 120. The van der Waals surface area contributed by atoms with Gasteiger partial charge < -0.3 is 89.9 Å². The summed E-state index contributed by atoms with van der Waals surface area (Å²) in [7, 11) is 0. The van der Waals surface area contributed by atoms with Gasteiger partial charge in [-0.05, 0) is 70.6 Å². The predicted octanol–water partition coefficient (Wildman–Crippen LogP) is 7.93. The Morgan fingerprint density at radius 3 is 1.24 bits per heavy atom. The average Bonchev–Trinajstić information content (AvgIpc) is 2.35. The normalized spacial score (nSPS) is 29.1. The lowest BCUT2D eigenvalue weighted by molar-refractivity contribution is -0.379. The summed E-state index contributed by atoms with van der Waals surface area (Å²) < 4.78 is 34.2. The van der Waals surface area contributed by atoms with Crippen molar-refractivity contribution in [2.75, 3.05) is 26.4 Å². The van der Waals surface area contributed by atoms with Gasteiger partial charge in [0.2, 0.25) is 5.91 Å². The van der Waals surface area contributed by atoms with Crippen LogP contribution in [0.1, 0.15) is 206 Å². The maximum atomic E-state index is 13.3. The number of allylic oxidation sites excluding steroid dienone is 13. The molecule has 3 aliphatic heterocycles. The monoisotopic (exact) mass is 1240 g/mol. The zero-order valence-electron chi connectivity index (χ0n) is 52.7. The predicted molar refractivity (Wildman–Crippen MR) is 337 cm³/mol. The second-order valence-electron chi connectivity index (χ2n) is 23.6. The maximum Gasteiger partial charge on any atom is 0.220 e. The quantitative estimate of drug-likeness (QED) is 0.0203. The Hall–Kier alpha value is -3.03. The molecule has 0 saturated carbocycles. The topological polar surface area (TPSA) is 307 Å². The lowest BCUT2D eigenvalue weighted by Crippen LogP contribution is -2.66. The molecule has 12 N–H and O–H groups in total. The van der Waals surface area contributed by atoms with Gasteiger partial charge in [0, 0.05) is 6.42 Å². The first-order valence-corrected chi connectivity index (χ1v) is 33.3. The van der Waals surface area contributed by atoms with Gasteiger partial charge in [0.15, 0.2) is 18.9 Å². The van der Waals surface area contributed by atoms with Crippen molar-refractivity contribution in [3.05, 3.63) is 85.1 Å². The smallest absolute Gasteiger partial charge is 0.220 e. The van der Waals surface area contributed by atoms with Gasteiger partial charge >= 0.3 is 0 Å². The number of carbonyl (C=O) groups excluding carboxylic acids is 1. The fourth-order valence-electron chi connectivity index (χ4n) is 10.8. The first kappa shape index (κ1) is 78.2. The number of rotatable bonds is 49. The van der Waals surface area contributed by atoms with Crippen LogP contribution < -0.4 is 5.32 Å². The van der Waals surface area contributed by atoms with Crippen LogP contribution >= 0.6 is 0 Å². The van der Waals surface area contributed by atoms with Crippen LogP contribution in [0.15, 0.2) is 85.1 Å². The van der Waals surface area contributed by atoms with Crippen LogP contribution in [-0.4, -0.2) is 193 Å². The summed E-state index contributed by atoms with van der Waals surface area (Å²) in [6.45, 7) is 1.52. The van der Waals surface area contributed by atoms with Crippen molar-refractivity contribution in [1.29, 1.82) is 0 Å². The molecule has 3 rings (SSSR count). The van der Waals surface area contributed by atoms with E-state index in [9.17, 15) is 61.0 Å². The Morgan fingerprint density at radius 2 is 0.793 bits per heavy atom. The molecule has 87 heavy (non-hydrogen) atoms. The minimum atomic E-state index is -1.98. The van der Waals surface area contributed by atoms with E-state index in [0.717, 1.165) is 96.3 Å². The first-order chi connectivity index (χ1) is 42.3. The lowest BCUT2D eigenvalue weighted by atomic mass is 9.96. The summed E-state index contributed by atoms with van der Waals surface area (Å²) in [6.07, 6.45) is 36.3. The van der Waals surface area contributed by atoms with Crippen molar-refractivity contribution >= 4 is 5.91 Å². The Balaban J connectivity index is 1.30. The van der Waals surface area contributed by atoms with Crippen LogP contribution in [-0.2, 0) is 33.2 Å². The van der Waals surface area contributed by atoms with Crippen molar-refractivity contribution in [2.24, 2.45) is 0 Å². The molecule has 0 aromatic carbocycles. The molecule has 0 bridgehead atoms. The third-order valence-electron chi connectivity index (χ3n) is 16.2. The van der Waals surface area contributed by atoms with Gasteiger partial charge in [-0.25, -0.2) is 0 Å². The highest BCUT2D eigenvalue weighted by Gasteiger charge is 2.53. The molecule has 502 valence electrons. The van der Waals surface area contributed by atoms with Crippen LogP contribution in [0.5, 0.6) is 0 Å². The average molecular weight is 1240 g/mol. The molecule has 0 aromatic rings. The lowest BCUT2D eigenvalue weighted by Gasteiger charge is -2.48. The van der Waals surface area contributed by atoms with E-state index in [2.05, 4.69) is 92.1 Å².